The van der Waals surface area contributed by atoms with Crippen molar-refractivity contribution in [1.82, 2.24) is 9.97 Å². The molecule has 4 heteroatoms. The Morgan fingerprint density at radius 2 is 1.94 bits per heavy atom. The molecule has 0 fully saturated rings. The zero-order valence-electron chi connectivity index (χ0n) is 10.7. The average Bonchev–Trinajstić information content (AvgIpc) is 2.32. The first kappa shape index (κ1) is 13.0. The molecule has 0 aliphatic carbocycles. The van der Waals surface area contributed by atoms with E-state index in [2.05, 4.69) is 42.0 Å². The van der Waals surface area contributed by atoms with Gasteiger partial charge in [0.1, 0.15) is 11.8 Å². The molecular weight excluding hydrogens is 248 g/mol. The van der Waals surface area contributed by atoms with Crippen molar-refractivity contribution in [3.63, 3.8) is 0 Å². The lowest BCUT2D eigenvalue weighted by Crippen LogP contribution is -1.99. The van der Waals surface area contributed by atoms with Crippen molar-refractivity contribution in [2.24, 2.45) is 0 Å². The van der Waals surface area contributed by atoms with Crippen LogP contribution in [0.15, 0.2) is 24.3 Å². The highest BCUT2D eigenvalue weighted by molar-refractivity contribution is 6.29. The lowest BCUT2D eigenvalue weighted by Gasteiger charge is -2.08. The molecule has 0 amide bonds. The third-order valence-corrected chi connectivity index (χ3v) is 2.88. The highest BCUT2D eigenvalue weighted by atomic mass is 35.5. The van der Waals surface area contributed by atoms with Gasteiger partial charge in [0.2, 0.25) is 0 Å². The van der Waals surface area contributed by atoms with Crippen molar-refractivity contribution in [2.45, 2.75) is 20.5 Å². The predicted molar refractivity (Wildman–Crippen MR) is 72.7 cm³/mol. The number of hydrogen-bond donors (Lipinski definition) is 0. The van der Waals surface area contributed by atoms with Crippen LogP contribution >= 0.6 is 11.6 Å². The van der Waals surface area contributed by atoms with Gasteiger partial charge in [-0.15, -0.1) is 0 Å². The van der Waals surface area contributed by atoms with E-state index in [1.54, 1.807) is 13.2 Å². The summed E-state index contributed by atoms with van der Waals surface area (Å²) in [4.78, 5) is 8.61. The van der Waals surface area contributed by atoms with Gasteiger partial charge in [0, 0.05) is 18.7 Å². The largest absolute Gasteiger partial charge is 0.377 e. The first-order valence-electron chi connectivity index (χ1n) is 5.70. The maximum atomic E-state index is 6.02. The van der Waals surface area contributed by atoms with Gasteiger partial charge in [-0.2, -0.15) is 0 Å². The molecule has 0 aliphatic rings. The van der Waals surface area contributed by atoms with E-state index in [1.165, 1.54) is 11.1 Å². The normalized spacial score (nSPS) is 10.7. The highest BCUT2D eigenvalue weighted by Crippen LogP contribution is 2.24. The molecule has 1 heterocycles. The topological polar surface area (TPSA) is 35.0 Å². The van der Waals surface area contributed by atoms with Crippen LogP contribution < -0.4 is 0 Å². The van der Waals surface area contributed by atoms with Crippen LogP contribution in [0.2, 0.25) is 5.15 Å². The molecule has 0 spiro atoms. The summed E-state index contributed by atoms with van der Waals surface area (Å²) in [6.07, 6.45) is 0. The molecule has 0 aliphatic heterocycles. The molecule has 0 saturated heterocycles. The second kappa shape index (κ2) is 5.46. The van der Waals surface area contributed by atoms with Gasteiger partial charge in [0.25, 0.3) is 0 Å². The lowest BCUT2D eigenvalue weighted by molar-refractivity contribution is 0.178. The van der Waals surface area contributed by atoms with Gasteiger partial charge in [0.15, 0.2) is 5.82 Å². The summed E-state index contributed by atoms with van der Waals surface area (Å²) in [7, 11) is 1.61. The zero-order chi connectivity index (χ0) is 13.1. The van der Waals surface area contributed by atoms with Crippen molar-refractivity contribution in [3.8, 4) is 11.3 Å². The molecular formula is C14H15ClN2O. The van der Waals surface area contributed by atoms with E-state index >= 15 is 0 Å². The Bertz CT molecular complexity index is 570. The van der Waals surface area contributed by atoms with Gasteiger partial charge in [0.05, 0.1) is 5.69 Å². The Morgan fingerprint density at radius 1 is 1.17 bits per heavy atom. The van der Waals surface area contributed by atoms with Crippen molar-refractivity contribution >= 4 is 11.6 Å². The molecule has 0 bridgehead atoms. The first-order valence-corrected chi connectivity index (χ1v) is 6.08. The van der Waals surface area contributed by atoms with Crippen LogP contribution in [-0.2, 0) is 11.3 Å². The number of hydrogen-bond acceptors (Lipinski definition) is 3. The number of halogens is 1. The minimum absolute atomic E-state index is 0.360. The quantitative estimate of drug-likeness (QED) is 0.794. The maximum Gasteiger partial charge on any atom is 0.156 e. The fourth-order valence-electron chi connectivity index (χ4n) is 1.81. The van der Waals surface area contributed by atoms with Crippen LogP contribution in [0, 0.1) is 13.8 Å². The Balaban J connectivity index is 2.52. The summed E-state index contributed by atoms with van der Waals surface area (Å²) in [6.45, 7) is 4.47. The van der Waals surface area contributed by atoms with Crippen molar-refractivity contribution in [3.05, 3.63) is 46.4 Å². The van der Waals surface area contributed by atoms with Gasteiger partial charge in [-0.1, -0.05) is 29.3 Å². The molecule has 0 atom stereocenters. The number of aromatic nitrogens is 2. The molecule has 3 nitrogen and oxygen atoms in total. The van der Waals surface area contributed by atoms with Crippen LogP contribution in [0.3, 0.4) is 0 Å². The zero-order valence-corrected chi connectivity index (χ0v) is 11.5. The number of rotatable bonds is 3. The fourth-order valence-corrected chi connectivity index (χ4v) is 2.01. The minimum Gasteiger partial charge on any atom is -0.377 e. The molecule has 0 N–H and O–H groups in total. The lowest BCUT2D eigenvalue weighted by atomic mass is 10.0. The van der Waals surface area contributed by atoms with Gasteiger partial charge >= 0.3 is 0 Å². The number of nitrogens with zero attached hydrogens (tertiary/aromatic N) is 2. The van der Waals surface area contributed by atoms with E-state index in [0.717, 1.165) is 11.3 Å². The number of benzene rings is 1. The molecule has 94 valence electrons. The fraction of sp³-hybridized carbons (Fsp3) is 0.286. The molecule has 0 radical (unpaired) electrons. The second-order valence-corrected chi connectivity index (χ2v) is 4.63. The molecule has 0 saturated carbocycles. The second-order valence-electron chi connectivity index (χ2n) is 4.24. The third-order valence-electron chi connectivity index (χ3n) is 2.68. The summed E-state index contributed by atoms with van der Waals surface area (Å²) < 4.78 is 5.04. The third kappa shape index (κ3) is 2.86. The standard InChI is InChI=1S/C14H15ClN2O/c1-9-4-5-10(2)11(6-9)12-7-13(15)17-14(16-12)8-18-3/h4-7H,8H2,1-3H3. The average molecular weight is 263 g/mol. The molecule has 2 aromatic rings. The van der Waals surface area contributed by atoms with Crippen molar-refractivity contribution in [1.29, 1.82) is 0 Å². The van der Waals surface area contributed by atoms with Gasteiger partial charge in [-0.3, -0.25) is 0 Å². The molecule has 0 unspecified atom stereocenters. The van der Waals surface area contributed by atoms with E-state index in [0.29, 0.717) is 17.6 Å². The Morgan fingerprint density at radius 3 is 2.67 bits per heavy atom. The maximum absolute atomic E-state index is 6.02. The van der Waals surface area contributed by atoms with E-state index in [9.17, 15) is 0 Å². The summed E-state index contributed by atoms with van der Waals surface area (Å²) in [5.74, 6) is 0.598. The Hall–Kier alpha value is -1.45. The van der Waals surface area contributed by atoms with Crippen LogP contribution in [0.5, 0.6) is 0 Å². The van der Waals surface area contributed by atoms with Gasteiger partial charge in [-0.25, -0.2) is 9.97 Å². The molecule has 18 heavy (non-hydrogen) atoms. The minimum atomic E-state index is 0.360. The number of ether oxygens (including phenoxy) is 1. The van der Waals surface area contributed by atoms with Crippen LogP contribution in [0.4, 0.5) is 0 Å². The molecule has 1 aromatic carbocycles. The van der Waals surface area contributed by atoms with Gasteiger partial charge in [-0.05, 0) is 25.5 Å². The van der Waals surface area contributed by atoms with Crippen LogP contribution in [0.25, 0.3) is 11.3 Å². The van der Waals surface area contributed by atoms with E-state index in [1.807, 2.05) is 0 Å². The highest BCUT2D eigenvalue weighted by Gasteiger charge is 2.08. The summed E-state index contributed by atoms with van der Waals surface area (Å²) >= 11 is 6.02. The number of aryl methyl sites for hydroxylation is 2. The summed E-state index contributed by atoms with van der Waals surface area (Å²) in [5, 5.41) is 0.438. The van der Waals surface area contributed by atoms with E-state index in [-0.39, 0.29) is 0 Å². The van der Waals surface area contributed by atoms with Crippen LogP contribution in [-0.4, -0.2) is 17.1 Å². The van der Waals surface area contributed by atoms with Crippen molar-refractivity contribution < 1.29 is 4.74 Å². The predicted octanol–water partition coefficient (Wildman–Crippen LogP) is 3.56. The number of methoxy groups -OCH3 is 1. The molecule has 2 rings (SSSR count). The summed E-state index contributed by atoms with van der Waals surface area (Å²) in [6, 6.07) is 8.04. The monoisotopic (exact) mass is 262 g/mol. The Labute approximate surface area is 112 Å². The van der Waals surface area contributed by atoms with E-state index in [4.69, 9.17) is 16.3 Å². The van der Waals surface area contributed by atoms with Crippen LogP contribution in [0.1, 0.15) is 17.0 Å². The molecule has 1 aromatic heterocycles. The SMILES string of the molecule is COCc1nc(Cl)cc(-c2cc(C)ccc2C)n1. The van der Waals surface area contributed by atoms with Crippen molar-refractivity contribution in [2.75, 3.05) is 7.11 Å². The van der Waals surface area contributed by atoms with Gasteiger partial charge < -0.3 is 4.74 Å². The Kier molecular flexibility index (Phi) is 3.94. The summed E-state index contributed by atoms with van der Waals surface area (Å²) in [5.41, 5.74) is 4.28. The first-order chi connectivity index (χ1) is 8.60. The smallest absolute Gasteiger partial charge is 0.156 e. The van der Waals surface area contributed by atoms with E-state index < -0.39 is 0 Å².